The normalized spacial score (nSPS) is 19.4. The quantitative estimate of drug-likeness (QED) is 0.433. The molecule has 3 aliphatic carbocycles. The molecule has 0 aromatic heterocycles. The van der Waals surface area contributed by atoms with Gasteiger partial charge in [-0.1, -0.05) is 72.8 Å². The largest absolute Gasteiger partial charge is 0.364 e. The van der Waals surface area contributed by atoms with Crippen molar-refractivity contribution >= 4 is 11.5 Å². The number of hydrogen-bond donors (Lipinski definition) is 2. The topological polar surface area (TPSA) is 58.6 Å². The zero-order valence-electron chi connectivity index (χ0n) is 20.1. The minimum absolute atomic E-state index is 0.00276. The van der Waals surface area contributed by atoms with E-state index in [1.54, 1.807) is 0 Å². The predicted molar refractivity (Wildman–Crippen MR) is 137 cm³/mol. The minimum Gasteiger partial charge on any atom is -0.364 e. The van der Waals surface area contributed by atoms with Gasteiger partial charge >= 0.3 is 0 Å². The van der Waals surface area contributed by atoms with Gasteiger partial charge in [0.2, 0.25) is 0 Å². The number of methoxy groups -OCH3 is 1. The molecule has 1 atom stereocenters. The highest BCUT2D eigenvalue weighted by atomic mass is 16.6. The average Bonchev–Trinajstić information content (AvgIpc) is 3.84. The van der Waals surface area contributed by atoms with Crippen LogP contribution in [0.3, 0.4) is 0 Å². The molecule has 0 radical (unpaired) electrons. The first kappa shape index (κ1) is 22.3. The highest BCUT2D eigenvalue weighted by Crippen LogP contribution is 2.56. The van der Waals surface area contributed by atoms with Crippen LogP contribution in [-0.2, 0) is 22.1 Å². The van der Waals surface area contributed by atoms with E-state index in [-0.39, 0.29) is 16.9 Å². The van der Waals surface area contributed by atoms with E-state index in [1.165, 1.54) is 36.7 Å². The number of allylic oxidation sites excluding steroid dienone is 2. The number of ether oxygens (including phenoxy) is 1. The van der Waals surface area contributed by atoms with Gasteiger partial charge in [0.1, 0.15) is 0 Å². The zero-order valence-corrected chi connectivity index (χ0v) is 20.1. The molecule has 0 aliphatic heterocycles. The lowest BCUT2D eigenvalue weighted by Gasteiger charge is -2.28. The van der Waals surface area contributed by atoms with Crippen molar-refractivity contribution in [3.63, 3.8) is 0 Å². The summed E-state index contributed by atoms with van der Waals surface area (Å²) in [7, 11) is 1.48. The maximum Gasteiger partial charge on any atom is 0.252 e. The van der Waals surface area contributed by atoms with Gasteiger partial charge in [-0.15, -0.1) is 0 Å². The number of carbonyl (C=O) groups excluding carboxylic acids is 1. The van der Waals surface area contributed by atoms with Crippen LogP contribution >= 0.6 is 0 Å². The van der Waals surface area contributed by atoms with Crippen molar-refractivity contribution in [1.29, 1.82) is 0 Å². The standard InChI is InChI=1S/C31H31NO3/c1-35-29(34)22-10-12-24(13-11-22)31(18-19-31)32-28(33)25-8-5-9-26-27(25)23(14-15-30(26)16-17-30)20-21-6-3-2-4-7-21/h2-14,29,34H,15-20H2,1H3,(H,32,33). The van der Waals surface area contributed by atoms with Gasteiger partial charge < -0.3 is 15.2 Å². The fourth-order valence-corrected chi connectivity index (χ4v) is 5.66. The molecule has 3 aromatic rings. The fourth-order valence-electron chi connectivity index (χ4n) is 5.66. The number of rotatable bonds is 7. The molecule has 1 unspecified atom stereocenters. The van der Waals surface area contributed by atoms with Crippen molar-refractivity contribution in [3.8, 4) is 0 Å². The second kappa shape index (κ2) is 8.47. The van der Waals surface area contributed by atoms with Gasteiger partial charge in [-0.25, -0.2) is 0 Å². The maximum atomic E-state index is 13.8. The summed E-state index contributed by atoms with van der Waals surface area (Å²) >= 11 is 0. The van der Waals surface area contributed by atoms with Crippen molar-refractivity contribution in [2.45, 2.75) is 55.8 Å². The van der Waals surface area contributed by atoms with Crippen molar-refractivity contribution in [2.75, 3.05) is 7.11 Å². The number of aliphatic hydroxyl groups is 1. The molecule has 6 rings (SSSR count). The van der Waals surface area contributed by atoms with Crippen LogP contribution in [0.2, 0.25) is 0 Å². The third kappa shape index (κ3) is 4.01. The molecule has 0 heterocycles. The Bertz CT molecular complexity index is 1280. The maximum absolute atomic E-state index is 13.8. The Balaban J connectivity index is 1.31. The van der Waals surface area contributed by atoms with E-state index < -0.39 is 6.29 Å². The molecular formula is C31H31NO3. The van der Waals surface area contributed by atoms with Crippen molar-refractivity contribution < 1.29 is 14.6 Å². The Kier molecular flexibility index (Phi) is 5.39. The van der Waals surface area contributed by atoms with Crippen LogP contribution in [-0.4, -0.2) is 18.1 Å². The van der Waals surface area contributed by atoms with E-state index in [0.717, 1.165) is 42.4 Å². The van der Waals surface area contributed by atoms with Crippen molar-refractivity contribution in [2.24, 2.45) is 0 Å². The van der Waals surface area contributed by atoms with E-state index >= 15 is 0 Å². The highest BCUT2D eigenvalue weighted by Gasteiger charge is 2.49. The summed E-state index contributed by atoms with van der Waals surface area (Å²) in [5.74, 6) is -0.00276. The van der Waals surface area contributed by atoms with E-state index in [1.807, 2.05) is 36.4 Å². The molecule has 2 N–H and O–H groups in total. The Hall–Kier alpha value is -3.21. The molecule has 178 valence electrons. The molecule has 0 saturated heterocycles. The van der Waals surface area contributed by atoms with Crippen LogP contribution in [0.15, 0.2) is 78.9 Å². The number of carbonyl (C=O) groups is 1. The van der Waals surface area contributed by atoms with Gasteiger partial charge in [-0.3, -0.25) is 4.79 Å². The van der Waals surface area contributed by atoms with Crippen LogP contribution in [0.5, 0.6) is 0 Å². The number of aliphatic hydroxyl groups excluding tert-OH is 1. The van der Waals surface area contributed by atoms with Crippen molar-refractivity contribution in [3.05, 3.63) is 112 Å². The minimum atomic E-state index is -0.936. The molecule has 2 saturated carbocycles. The average molecular weight is 466 g/mol. The smallest absolute Gasteiger partial charge is 0.252 e. The van der Waals surface area contributed by atoms with Gasteiger partial charge in [0.15, 0.2) is 6.29 Å². The first-order valence-corrected chi connectivity index (χ1v) is 12.5. The third-order valence-corrected chi connectivity index (χ3v) is 8.11. The Labute approximate surface area is 206 Å². The molecule has 2 fully saturated rings. The zero-order chi connectivity index (χ0) is 24.0. The first-order chi connectivity index (χ1) is 17.0. The molecule has 35 heavy (non-hydrogen) atoms. The fraction of sp³-hybridized carbons (Fsp3) is 0.323. The van der Waals surface area contributed by atoms with Crippen LogP contribution < -0.4 is 5.32 Å². The molecule has 1 amide bonds. The van der Waals surface area contributed by atoms with Crippen LogP contribution in [0.1, 0.15) is 76.6 Å². The lowest BCUT2D eigenvalue weighted by Crippen LogP contribution is -2.36. The Morgan fingerprint density at radius 1 is 0.971 bits per heavy atom. The van der Waals surface area contributed by atoms with Crippen LogP contribution in [0.25, 0.3) is 5.57 Å². The summed E-state index contributed by atoms with van der Waals surface area (Å²) in [6.45, 7) is 0. The summed E-state index contributed by atoms with van der Waals surface area (Å²) in [5, 5.41) is 13.3. The number of fused-ring (bicyclic) bond motifs is 2. The number of amides is 1. The highest BCUT2D eigenvalue weighted by molar-refractivity contribution is 6.01. The molecule has 1 spiro atoms. The first-order valence-electron chi connectivity index (χ1n) is 12.5. The van der Waals surface area contributed by atoms with Gasteiger partial charge in [0, 0.05) is 18.2 Å². The summed E-state index contributed by atoms with van der Waals surface area (Å²) in [5.41, 5.74) is 7.47. The van der Waals surface area contributed by atoms with Crippen LogP contribution in [0.4, 0.5) is 0 Å². The SMILES string of the molecule is COC(O)c1ccc(C2(NC(=O)c3cccc4c3C(Cc3ccccc3)=CCC43CC3)CC2)cc1. The van der Waals surface area contributed by atoms with Gasteiger partial charge in [0.25, 0.3) is 5.91 Å². The molecule has 3 aliphatic rings. The van der Waals surface area contributed by atoms with E-state index in [2.05, 4.69) is 47.8 Å². The predicted octanol–water partition coefficient (Wildman–Crippen LogP) is 5.80. The Morgan fingerprint density at radius 2 is 1.71 bits per heavy atom. The monoisotopic (exact) mass is 465 g/mol. The summed E-state index contributed by atoms with van der Waals surface area (Å²) in [6.07, 6.45) is 7.57. The number of benzene rings is 3. The second-order valence-corrected chi connectivity index (χ2v) is 10.4. The number of hydrogen-bond acceptors (Lipinski definition) is 3. The second-order valence-electron chi connectivity index (χ2n) is 10.4. The summed E-state index contributed by atoms with van der Waals surface area (Å²) in [6, 6.07) is 24.5. The van der Waals surface area contributed by atoms with Gasteiger partial charge in [-0.05, 0) is 77.8 Å². The van der Waals surface area contributed by atoms with E-state index in [4.69, 9.17) is 4.74 Å². The van der Waals surface area contributed by atoms with E-state index in [0.29, 0.717) is 5.56 Å². The van der Waals surface area contributed by atoms with Gasteiger partial charge in [-0.2, -0.15) is 0 Å². The van der Waals surface area contributed by atoms with Crippen LogP contribution in [0, 0.1) is 0 Å². The number of nitrogens with one attached hydrogen (secondary N) is 1. The Morgan fingerprint density at radius 3 is 2.37 bits per heavy atom. The van der Waals surface area contributed by atoms with Gasteiger partial charge in [0.05, 0.1) is 5.54 Å². The van der Waals surface area contributed by atoms with Crippen molar-refractivity contribution in [1.82, 2.24) is 5.32 Å². The molecule has 4 nitrogen and oxygen atoms in total. The lowest BCUT2D eigenvalue weighted by molar-refractivity contribution is -0.0769. The van der Waals surface area contributed by atoms with E-state index in [9.17, 15) is 9.90 Å². The molecule has 3 aromatic carbocycles. The summed E-state index contributed by atoms with van der Waals surface area (Å²) in [4.78, 5) is 13.8. The molecular weight excluding hydrogens is 434 g/mol. The molecule has 4 heteroatoms. The molecule has 0 bridgehead atoms. The summed E-state index contributed by atoms with van der Waals surface area (Å²) < 4.78 is 5.01. The lowest BCUT2D eigenvalue weighted by atomic mass is 9.76. The third-order valence-electron chi connectivity index (χ3n) is 8.11.